The molecular weight excluding hydrogens is 345 g/mol. The molecule has 0 fully saturated rings. The molecule has 0 radical (unpaired) electrons. The highest BCUT2D eigenvalue weighted by molar-refractivity contribution is 14.1. The first-order valence-electron chi connectivity index (χ1n) is 5.70. The summed E-state index contributed by atoms with van der Waals surface area (Å²) in [5, 5.41) is 12.5. The topological polar surface area (TPSA) is 50.7 Å². The Hall–Kier alpha value is -0.530. The minimum Gasteiger partial charge on any atom is -0.493 e. The van der Waals surface area contributed by atoms with E-state index in [0.717, 1.165) is 20.6 Å². The van der Waals surface area contributed by atoms with Gasteiger partial charge in [-0.3, -0.25) is 0 Å². The standard InChI is InChI=1S/C13H20INO3/c1-13(2,8-16)15-7-9-5-10(14)12(18-4)11(6-9)17-3/h5-6,15-16H,7-8H2,1-4H3. The Morgan fingerprint density at radius 2 is 1.94 bits per heavy atom. The highest BCUT2D eigenvalue weighted by Gasteiger charge is 2.16. The van der Waals surface area contributed by atoms with E-state index in [1.54, 1.807) is 14.2 Å². The van der Waals surface area contributed by atoms with Gasteiger partial charge in [0.1, 0.15) is 0 Å². The van der Waals surface area contributed by atoms with E-state index >= 15 is 0 Å². The Kier molecular flexibility index (Phi) is 5.68. The van der Waals surface area contributed by atoms with E-state index in [0.29, 0.717) is 6.54 Å². The fourth-order valence-corrected chi connectivity index (χ4v) is 2.36. The van der Waals surface area contributed by atoms with Crippen LogP contribution in [0.5, 0.6) is 11.5 Å². The van der Waals surface area contributed by atoms with Gasteiger partial charge < -0.3 is 19.9 Å². The van der Waals surface area contributed by atoms with E-state index in [1.165, 1.54) is 0 Å². The van der Waals surface area contributed by atoms with Crippen LogP contribution in [0.25, 0.3) is 0 Å². The van der Waals surface area contributed by atoms with E-state index < -0.39 is 0 Å². The van der Waals surface area contributed by atoms with Crippen molar-refractivity contribution >= 4 is 22.6 Å². The number of hydrogen-bond acceptors (Lipinski definition) is 4. The minimum absolute atomic E-state index is 0.0946. The van der Waals surface area contributed by atoms with Crippen LogP contribution in [-0.2, 0) is 6.54 Å². The number of ether oxygens (including phenoxy) is 2. The van der Waals surface area contributed by atoms with Gasteiger partial charge >= 0.3 is 0 Å². The molecule has 0 unspecified atom stereocenters. The van der Waals surface area contributed by atoms with Gasteiger partial charge in [-0.05, 0) is 54.1 Å². The highest BCUT2D eigenvalue weighted by Crippen LogP contribution is 2.33. The molecule has 0 atom stereocenters. The first-order valence-corrected chi connectivity index (χ1v) is 6.77. The van der Waals surface area contributed by atoms with Crippen LogP contribution < -0.4 is 14.8 Å². The maximum absolute atomic E-state index is 9.20. The van der Waals surface area contributed by atoms with Crippen molar-refractivity contribution < 1.29 is 14.6 Å². The van der Waals surface area contributed by atoms with Crippen molar-refractivity contribution in [2.75, 3.05) is 20.8 Å². The van der Waals surface area contributed by atoms with Gasteiger partial charge in [-0.1, -0.05) is 0 Å². The molecular formula is C13H20INO3. The molecule has 0 saturated heterocycles. The lowest BCUT2D eigenvalue weighted by atomic mass is 10.1. The molecule has 1 aromatic carbocycles. The molecule has 0 aliphatic carbocycles. The number of aliphatic hydroxyl groups excluding tert-OH is 1. The summed E-state index contributed by atoms with van der Waals surface area (Å²) in [6, 6.07) is 3.99. The van der Waals surface area contributed by atoms with Crippen LogP contribution in [-0.4, -0.2) is 31.5 Å². The van der Waals surface area contributed by atoms with Crippen LogP contribution in [0.3, 0.4) is 0 Å². The Morgan fingerprint density at radius 3 is 2.44 bits per heavy atom. The largest absolute Gasteiger partial charge is 0.493 e. The maximum atomic E-state index is 9.20. The zero-order chi connectivity index (χ0) is 13.8. The van der Waals surface area contributed by atoms with Crippen LogP contribution in [0.1, 0.15) is 19.4 Å². The molecule has 0 aromatic heterocycles. The molecule has 0 aliphatic heterocycles. The smallest absolute Gasteiger partial charge is 0.174 e. The molecule has 18 heavy (non-hydrogen) atoms. The predicted octanol–water partition coefficient (Wildman–Crippen LogP) is 2.17. The van der Waals surface area contributed by atoms with E-state index in [4.69, 9.17) is 9.47 Å². The molecule has 2 N–H and O–H groups in total. The van der Waals surface area contributed by atoms with Crippen molar-refractivity contribution in [2.45, 2.75) is 25.9 Å². The van der Waals surface area contributed by atoms with Gasteiger partial charge in [-0.25, -0.2) is 0 Å². The zero-order valence-electron chi connectivity index (χ0n) is 11.2. The summed E-state index contributed by atoms with van der Waals surface area (Å²) < 4.78 is 11.6. The molecule has 0 bridgehead atoms. The molecule has 0 aliphatic rings. The monoisotopic (exact) mass is 365 g/mol. The SMILES string of the molecule is COc1cc(CNC(C)(C)CO)cc(I)c1OC. The number of aliphatic hydroxyl groups is 1. The summed E-state index contributed by atoms with van der Waals surface area (Å²) in [6.07, 6.45) is 0. The summed E-state index contributed by atoms with van der Waals surface area (Å²) in [7, 11) is 3.26. The van der Waals surface area contributed by atoms with Crippen molar-refractivity contribution in [2.24, 2.45) is 0 Å². The van der Waals surface area contributed by atoms with Crippen molar-refractivity contribution in [1.82, 2.24) is 5.32 Å². The molecule has 5 heteroatoms. The molecule has 0 heterocycles. The van der Waals surface area contributed by atoms with Crippen LogP contribution in [0.15, 0.2) is 12.1 Å². The molecule has 1 rings (SSSR count). The van der Waals surface area contributed by atoms with Crippen molar-refractivity contribution in [3.63, 3.8) is 0 Å². The van der Waals surface area contributed by atoms with Gasteiger partial charge in [-0.2, -0.15) is 0 Å². The molecule has 0 saturated carbocycles. The molecule has 1 aromatic rings. The quantitative estimate of drug-likeness (QED) is 0.759. The summed E-state index contributed by atoms with van der Waals surface area (Å²) in [5.41, 5.74) is 0.803. The third kappa shape index (κ3) is 4.00. The van der Waals surface area contributed by atoms with E-state index in [1.807, 2.05) is 26.0 Å². The van der Waals surface area contributed by atoms with Crippen LogP contribution in [0.2, 0.25) is 0 Å². The lowest BCUT2D eigenvalue weighted by Gasteiger charge is -2.24. The predicted molar refractivity (Wildman–Crippen MR) is 80.3 cm³/mol. The fraction of sp³-hybridized carbons (Fsp3) is 0.538. The summed E-state index contributed by atoms with van der Waals surface area (Å²) in [6.45, 7) is 4.68. The van der Waals surface area contributed by atoms with E-state index in [-0.39, 0.29) is 12.1 Å². The number of hydrogen-bond donors (Lipinski definition) is 2. The molecule has 0 amide bonds. The average Bonchev–Trinajstić information content (AvgIpc) is 2.35. The van der Waals surface area contributed by atoms with Crippen LogP contribution in [0, 0.1) is 3.57 Å². The van der Waals surface area contributed by atoms with Crippen molar-refractivity contribution in [3.8, 4) is 11.5 Å². The lowest BCUT2D eigenvalue weighted by Crippen LogP contribution is -2.42. The van der Waals surface area contributed by atoms with E-state index in [2.05, 4.69) is 27.9 Å². The van der Waals surface area contributed by atoms with Crippen LogP contribution >= 0.6 is 22.6 Å². The van der Waals surface area contributed by atoms with Gasteiger partial charge in [-0.15, -0.1) is 0 Å². The Balaban J connectivity index is 2.88. The van der Waals surface area contributed by atoms with Gasteiger partial charge in [0.05, 0.1) is 24.4 Å². The number of benzene rings is 1. The second-order valence-corrected chi connectivity index (χ2v) is 5.87. The Bertz CT molecular complexity index is 407. The second-order valence-electron chi connectivity index (χ2n) is 4.71. The number of nitrogens with one attached hydrogen (secondary N) is 1. The molecule has 0 spiro atoms. The Morgan fingerprint density at radius 1 is 1.28 bits per heavy atom. The van der Waals surface area contributed by atoms with Gasteiger partial charge in [0, 0.05) is 12.1 Å². The third-order valence-electron chi connectivity index (χ3n) is 2.66. The fourth-order valence-electron chi connectivity index (χ4n) is 1.47. The van der Waals surface area contributed by atoms with Gasteiger partial charge in [0.25, 0.3) is 0 Å². The van der Waals surface area contributed by atoms with Crippen molar-refractivity contribution in [3.05, 3.63) is 21.3 Å². The maximum Gasteiger partial charge on any atom is 0.174 e. The first-order chi connectivity index (χ1) is 8.43. The number of rotatable bonds is 6. The van der Waals surface area contributed by atoms with Gasteiger partial charge in [0.2, 0.25) is 0 Å². The highest BCUT2D eigenvalue weighted by atomic mass is 127. The molecule has 4 nitrogen and oxygen atoms in total. The minimum atomic E-state index is -0.293. The summed E-state index contributed by atoms with van der Waals surface area (Å²) in [4.78, 5) is 0. The number of methoxy groups -OCH3 is 2. The Labute approximate surface area is 122 Å². The van der Waals surface area contributed by atoms with Crippen molar-refractivity contribution in [1.29, 1.82) is 0 Å². The summed E-state index contributed by atoms with van der Waals surface area (Å²) >= 11 is 2.22. The summed E-state index contributed by atoms with van der Waals surface area (Å²) in [5.74, 6) is 1.48. The van der Waals surface area contributed by atoms with Crippen LogP contribution in [0.4, 0.5) is 0 Å². The normalized spacial score (nSPS) is 11.4. The zero-order valence-corrected chi connectivity index (χ0v) is 13.4. The third-order valence-corrected chi connectivity index (χ3v) is 3.46. The second kappa shape index (κ2) is 6.58. The lowest BCUT2D eigenvalue weighted by molar-refractivity contribution is 0.187. The number of halogens is 1. The first kappa shape index (κ1) is 15.5. The van der Waals surface area contributed by atoms with E-state index in [9.17, 15) is 5.11 Å². The van der Waals surface area contributed by atoms with Gasteiger partial charge in [0.15, 0.2) is 11.5 Å². The molecule has 102 valence electrons. The average molecular weight is 365 g/mol.